The summed E-state index contributed by atoms with van der Waals surface area (Å²) >= 11 is 3.32. The summed E-state index contributed by atoms with van der Waals surface area (Å²) in [6, 6.07) is 9.73. The lowest BCUT2D eigenvalue weighted by Crippen LogP contribution is -2.41. The van der Waals surface area contributed by atoms with Crippen LogP contribution < -0.4 is 5.32 Å². The maximum atomic E-state index is 12.3. The summed E-state index contributed by atoms with van der Waals surface area (Å²) in [6.45, 7) is 0.727. The number of fused-ring (bicyclic) bond motifs is 1. The van der Waals surface area contributed by atoms with Gasteiger partial charge in [0, 0.05) is 6.54 Å². The Morgan fingerprint density at radius 3 is 2.78 bits per heavy atom. The Hall–Kier alpha value is -1.39. The first-order valence-electron chi connectivity index (χ1n) is 5.83. The minimum Gasteiger partial charge on any atom is -0.460 e. The van der Waals surface area contributed by atoms with Gasteiger partial charge in [0.05, 0.1) is 16.8 Å². The first kappa shape index (κ1) is 11.7. The molecule has 1 aliphatic rings. The van der Waals surface area contributed by atoms with Crippen molar-refractivity contribution in [3.05, 3.63) is 58.0 Å². The summed E-state index contributed by atoms with van der Waals surface area (Å²) in [4.78, 5) is 12.3. The van der Waals surface area contributed by atoms with E-state index in [-0.39, 0.29) is 11.8 Å². The van der Waals surface area contributed by atoms with Crippen molar-refractivity contribution in [3.63, 3.8) is 0 Å². The molecule has 0 saturated heterocycles. The topological polar surface area (TPSA) is 42.2 Å². The Kier molecular flexibility index (Phi) is 3.06. The van der Waals surface area contributed by atoms with Gasteiger partial charge < -0.3 is 9.73 Å². The van der Waals surface area contributed by atoms with E-state index in [1.807, 2.05) is 12.1 Å². The van der Waals surface area contributed by atoms with Gasteiger partial charge in [0.1, 0.15) is 0 Å². The normalized spacial score (nSPS) is 18.4. The molecule has 0 bridgehead atoms. The number of carbonyl (C=O) groups excluding carboxylic acids is 1. The fourth-order valence-corrected chi connectivity index (χ4v) is 2.66. The highest BCUT2D eigenvalue weighted by molar-refractivity contribution is 9.10. The highest BCUT2D eigenvalue weighted by atomic mass is 79.9. The summed E-state index contributed by atoms with van der Waals surface area (Å²) in [5.74, 6) is 0.397. The first-order valence-corrected chi connectivity index (χ1v) is 6.62. The molecule has 1 aromatic heterocycles. The summed E-state index contributed by atoms with van der Waals surface area (Å²) in [6.07, 6.45) is 2.23. The van der Waals surface area contributed by atoms with Gasteiger partial charge in [-0.05, 0) is 39.5 Å². The SMILES string of the molecule is O=C(c1occc1Br)C1Cc2ccccc2CN1. The van der Waals surface area contributed by atoms with Gasteiger partial charge in [-0.15, -0.1) is 0 Å². The third kappa shape index (κ3) is 2.02. The number of hydrogen-bond acceptors (Lipinski definition) is 3. The highest BCUT2D eigenvalue weighted by Gasteiger charge is 2.27. The molecule has 1 aliphatic heterocycles. The van der Waals surface area contributed by atoms with Crippen LogP contribution >= 0.6 is 15.9 Å². The molecule has 2 aromatic rings. The molecule has 1 unspecified atom stereocenters. The van der Waals surface area contributed by atoms with Gasteiger partial charge in [-0.3, -0.25) is 4.79 Å². The average Bonchev–Trinajstić information content (AvgIpc) is 2.83. The van der Waals surface area contributed by atoms with Crippen molar-refractivity contribution in [3.8, 4) is 0 Å². The highest BCUT2D eigenvalue weighted by Crippen LogP contribution is 2.23. The van der Waals surface area contributed by atoms with E-state index in [4.69, 9.17) is 4.42 Å². The molecule has 1 atom stereocenters. The number of carbonyl (C=O) groups is 1. The minimum atomic E-state index is -0.206. The van der Waals surface area contributed by atoms with Crippen molar-refractivity contribution in [2.24, 2.45) is 0 Å². The molecule has 0 saturated carbocycles. The van der Waals surface area contributed by atoms with Crippen molar-refractivity contribution in [1.29, 1.82) is 0 Å². The molecule has 3 nitrogen and oxygen atoms in total. The second kappa shape index (κ2) is 4.71. The summed E-state index contributed by atoms with van der Waals surface area (Å²) in [5.41, 5.74) is 2.50. The van der Waals surface area contributed by atoms with E-state index in [2.05, 4.69) is 33.4 Å². The van der Waals surface area contributed by atoms with Gasteiger partial charge in [0.25, 0.3) is 0 Å². The lowest BCUT2D eigenvalue weighted by molar-refractivity contribution is 0.0909. The predicted molar refractivity (Wildman–Crippen MR) is 71.5 cm³/mol. The zero-order valence-electron chi connectivity index (χ0n) is 9.65. The fraction of sp³-hybridized carbons (Fsp3) is 0.214. The Labute approximate surface area is 113 Å². The average molecular weight is 306 g/mol. The zero-order chi connectivity index (χ0) is 12.5. The van der Waals surface area contributed by atoms with Gasteiger partial charge in [0.15, 0.2) is 5.76 Å². The summed E-state index contributed by atoms with van der Waals surface area (Å²) in [7, 11) is 0. The summed E-state index contributed by atoms with van der Waals surface area (Å²) < 4.78 is 5.95. The monoisotopic (exact) mass is 305 g/mol. The molecule has 3 rings (SSSR count). The molecule has 0 fully saturated rings. The molecular formula is C14H12BrNO2. The molecule has 0 radical (unpaired) electrons. The van der Waals surface area contributed by atoms with E-state index in [0.717, 1.165) is 6.54 Å². The number of benzene rings is 1. The van der Waals surface area contributed by atoms with E-state index in [9.17, 15) is 4.79 Å². The van der Waals surface area contributed by atoms with E-state index >= 15 is 0 Å². The number of rotatable bonds is 2. The lowest BCUT2D eigenvalue weighted by atomic mass is 9.93. The molecule has 4 heteroatoms. The lowest BCUT2D eigenvalue weighted by Gasteiger charge is -2.24. The quantitative estimate of drug-likeness (QED) is 0.868. The van der Waals surface area contributed by atoms with Crippen LogP contribution in [0.3, 0.4) is 0 Å². The third-order valence-electron chi connectivity index (χ3n) is 3.24. The van der Waals surface area contributed by atoms with Crippen LogP contribution in [-0.4, -0.2) is 11.8 Å². The molecule has 18 heavy (non-hydrogen) atoms. The maximum absolute atomic E-state index is 12.3. The minimum absolute atomic E-state index is 0.00128. The predicted octanol–water partition coefficient (Wildman–Crippen LogP) is 2.94. The van der Waals surface area contributed by atoms with Crippen LogP contribution in [0.5, 0.6) is 0 Å². The van der Waals surface area contributed by atoms with Gasteiger partial charge in [-0.25, -0.2) is 0 Å². The van der Waals surface area contributed by atoms with Crippen molar-refractivity contribution in [1.82, 2.24) is 5.32 Å². The molecular weight excluding hydrogens is 294 g/mol. The van der Waals surface area contributed by atoms with Gasteiger partial charge in [-0.2, -0.15) is 0 Å². The maximum Gasteiger partial charge on any atom is 0.216 e. The van der Waals surface area contributed by atoms with Gasteiger partial charge in [-0.1, -0.05) is 24.3 Å². The van der Waals surface area contributed by atoms with Crippen LogP contribution in [-0.2, 0) is 13.0 Å². The molecule has 0 amide bonds. The first-order chi connectivity index (χ1) is 8.75. The smallest absolute Gasteiger partial charge is 0.216 e. The largest absolute Gasteiger partial charge is 0.460 e. The number of ketones is 1. The Morgan fingerprint density at radius 2 is 2.06 bits per heavy atom. The number of Topliss-reactive ketones (excluding diaryl/α,β-unsaturated/α-hetero) is 1. The van der Waals surface area contributed by atoms with Crippen molar-refractivity contribution in [2.75, 3.05) is 0 Å². The van der Waals surface area contributed by atoms with Crippen molar-refractivity contribution in [2.45, 2.75) is 19.0 Å². The van der Waals surface area contributed by atoms with Crippen LogP contribution in [0.4, 0.5) is 0 Å². The number of halogens is 1. The van der Waals surface area contributed by atoms with Crippen LogP contribution in [0.2, 0.25) is 0 Å². The van der Waals surface area contributed by atoms with Gasteiger partial charge >= 0.3 is 0 Å². The number of furan rings is 1. The van der Waals surface area contributed by atoms with Crippen LogP contribution in [0.25, 0.3) is 0 Å². The van der Waals surface area contributed by atoms with E-state index in [1.54, 1.807) is 6.07 Å². The van der Waals surface area contributed by atoms with E-state index in [1.165, 1.54) is 17.4 Å². The summed E-state index contributed by atoms with van der Waals surface area (Å²) in [5, 5.41) is 3.26. The Balaban J connectivity index is 1.84. The Bertz CT molecular complexity index is 591. The molecule has 0 spiro atoms. The molecule has 0 aliphatic carbocycles. The van der Waals surface area contributed by atoms with Crippen LogP contribution in [0.1, 0.15) is 21.7 Å². The zero-order valence-corrected chi connectivity index (χ0v) is 11.2. The second-order valence-corrected chi connectivity index (χ2v) is 5.22. The number of nitrogens with one attached hydrogen (secondary N) is 1. The third-order valence-corrected chi connectivity index (χ3v) is 3.86. The van der Waals surface area contributed by atoms with Crippen LogP contribution in [0, 0.1) is 0 Å². The molecule has 2 heterocycles. The number of hydrogen-bond donors (Lipinski definition) is 1. The standard InChI is InChI=1S/C14H12BrNO2/c15-11-5-6-18-14(11)13(17)12-7-9-3-1-2-4-10(9)8-16-12/h1-6,12,16H,7-8H2. The van der Waals surface area contributed by atoms with Crippen LogP contribution in [0.15, 0.2) is 45.5 Å². The Morgan fingerprint density at radius 1 is 1.28 bits per heavy atom. The molecule has 92 valence electrons. The second-order valence-electron chi connectivity index (χ2n) is 4.37. The van der Waals surface area contributed by atoms with Gasteiger partial charge in [0.2, 0.25) is 5.78 Å². The van der Waals surface area contributed by atoms with E-state index < -0.39 is 0 Å². The fourth-order valence-electron chi connectivity index (χ4n) is 2.27. The molecule has 1 N–H and O–H groups in total. The van der Waals surface area contributed by atoms with Crippen molar-refractivity contribution >= 4 is 21.7 Å². The van der Waals surface area contributed by atoms with E-state index in [0.29, 0.717) is 16.7 Å². The molecule has 1 aromatic carbocycles. The van der Waals surface area contributed by atoms with Crippen molar-refractivity contribution < 1.29 is 9.21 Å².